The van der Waals surface area contributed by atoms with Crippen molar-refractivity contribution in [2.75, 3.05) is 23.4 Å². The first-order valence-corrected chi connectivity index (χ1v) is 10.5. The van der Waals surface area contributed by atoms with Crippen LogP contribution in [0.15, 0.2) is 30.3 Å². The number of anilines is 2. The number of carbonyl (C=O) groups is 1. The quantitative estimate of drug-likeness (QED) is 0.763. The predicted molar refractivity (Wildman–Crippen MR) is 112 cm³/mol. The van der Waals surface area contributed by atoms with Crippen molar-refractivity contribution in [3.8, 4) is 5.75 Å². The summed E-state index contributed by atoms with van der Waals surface area (Å²) in [6.45, 7) is 5.77. The largest absolute Gasteiger partial charge is 0.491 e. The van der Waals surface area contributed by atoms with Crippen LogP contribution in [0.4, 0.5) is 20.2 Å². The molecule has 0 saturated heterocycles. The minimum absolute atomic E-state index is 0.0326. The molecule has 0 radical (unpaired) electrons. The number of halogens is 2. The molecule has 6 heteroatoms. The Morgan fingerprint density at radius 1 is 1.17 bits per heavy atom. The highest BCUT2D eigenvalue weighted by molar-refractivity contribution is 5.93. The molecule has 1 heterocycles. The topological polar surface area (TPSA) is 41.6 Å². The average Bonchev–Trinajstić information content (AvgIpc) is 2.84. The zero-order valence-corrected chi connectivity index (χ0v) is 17.4. The van der Waals surface area contributed by atoms with E-state index in [2.05, 4.69) is 22.3 Å². The van der Waals surface area contributed by atoms with Crippen LogP contribution in [0, 0.1) is 25.1 Å². The number of nitrogens with zero attached hydrogens (tertiary/aromatic N) is 1. The molecule has 158 valence electrons. The van der Waals surface area contributed by atoms with Crippen molar-refractivity contribution in [1.82, 2.24) is 0 Å². The Bertz CT molecular complexity index is 993. The van der Waals surface area contributed by atoms with Crippen molar-refractivity contribution < 1.29 is 18.3 Å². The van der Waals surface area contributed by atoms with Crippen LogP contribution in [0.25, 0.3) is 0 Å². The van der Waals surface area contributed by atoms with Crippen LogP contribution in [-0.2, 0) is 11.3 Å². The molecule has 2 aromatic carbocycles. The van der Waals surface area contributed by atoms with Crippen molar-refractivity contribution in [2.45, 2.75) is 51.7 Å². The smallest absolute Gasteiger partial charge is 0.224 e. The second-order valence-electron chi connectivity index (χ2n) is 9.38. The van der Waals surface area contributed by atoms with Gasteiger partial charge in [-0.2, -0.15) is 0 Å². The van der Waals surface area contributed by atoms with Gasteiger partial charge in [-0.25, -0.2) is 8.78 Å². The third-order valence-corrected chi connectivity index (χ3v) is 6.77. The zero-order chi connectivity index (χ0) is 21.1. The number of ether oxygens (including phenoxy) is 1. The monoisotopic (exact) mass is 412 g/mol. The second-order valence-corrected chi connectivity index (χ2v) is 9.38. The van der Waals surface area contributed by atoms with Crippen molar-refractivity contribution >= 4 is 17.3 Å². The fourth-order valence-corrected chi connectivity index (χ4v) is 5.46. The highest BCUT2D eigenvalue weighted by atomic mass is 19.1. The number of nitrogens with one attached hydrogen (secondary N) is 1. The van der Waals surface area contributed by atoms with Gasteiger partial charge < -0.3 is 15.0 Å². The van der Waals surface area contributed by atoms with Crippen LogP contribution in [-0.4, -0.2) is 24.7 Å². The van der Waals surface area contributed by atoms with Gasteiger partial charge in [0.15, 0.2) is 0 Å². The van der Waals surface area contributed by atoms with Crippen molar-refractivity contribution in [3.05, 3.63) is 52.8 Å². The summed E-state index contributed by atoms with van der Waals surface area (Å²) in [7, 11) is 0. The summed E-state index contributed by atoms with van der Waals surface area (Å²) in [6.07, 6.45) is 2.00. The lowest BCUT2D eigenvalue weighted by Gasteiger charge is -2.65. The summed E-state index contributed by atoms with van der Waals surface area (Å²) in [5.41, 5.74) is 3.73. The highest BCUT2D eigenvalue weighted by Crippen LogP contribution is 2.71. The lowest BCUT2D eigenvalue weighted by Crippen LogP contribution is -2.65. The van der Waals surface area contributed by atoms with E-state index in [0.717, 1.165) is 28.1 Å². The predicted octanol–water partition coefficient (Wildman–Crippen LogP) is 5.06. The molecule has 0 unspecified atom stereocenters. The molecular weight excluding hydrogens is 386 g/mol. The van der Waals surface area contributed by atoms with E-state index in [1.54, 1.807) is 6.07 Å². The number of amides is 1. The minimum atomic E-state index is -0.977. The third kappa shape index (κ3) is 3.32. The number of alkyl halides is 1. The molecule has 0 aromatic heterocycles. The molecule has 4 aliphatic rings. The maximum atomic E-state index is 13.7. The average molecular weight is 412 g/mol. The maximum absolute atomic E-state index is 13.7. The molecule has 30 heavy (non-hydrogen) atoms. The van der Waals surface area contributed by atoms with E-state index >= 15 is 0 Å². The first-order valence-electron chi connectivity index (χ1n) is 10.5. The summed E-state index contributed by atoms with van der Waals surface area (Å²) >= 11 is 0. The lowest BCUT2D eigenvalue weighted by atomic mass is 9.41. The Kier molecular flexibility index (Phi) is 4.31. The number of hydrogen-bond donors (Lipinski definition) is 1. The fourth-order valence-electron chi connectivity index (χ4n) is 5.46. The van der Waals surface area contributed by atoms with Crippen LogP contribution < -0.4 is 15.0 Å². The van der Waals surface area contributed by atoms with E-state index < -0.39 is 5.67 Å². The van der Waals surface area contributed by atoms with Gasteiger partial charge in [0.05, 0.1) is 6.54 Å². The van der Waals surface area contributed by atoms with E-state index in [4.69, 9.17) is 4.74 Å². The van der Waals surface area contributed by atoms with Gasteiger partial charge in [-0.1, -0.05) is 6.07 Å². The Hall–Kier alpha value is -2.63. The van der Waals surface area contributed by atoms with Gasteiger partial charge in [-0.05, 0) is 67.9 Å². The van der Waals surface area contributed by atoms with E-state index in [1.165, 1.54) is 12.1 Å². The number of aryl methyl sites for hydroxylation is 2. The molecule has 3 aliphatic carbocycles. The van der Waals surface area contributed by atoms with Crippen molar-refractivity contribution in [3.63, 3.8) is 0 Å². The van der Waals surface area contributed by atoms with E-state index in [0.29, 0.717) is 51.1 Å². The molecule has 1 aliphatic heterocycles. The maximum Gasteiger partial charge on any atom is 0.224 e. The van der Waals surface area contributed by atoms with E-state index in [-0.39, 0.29) is 17.1 Å². The third-order valence-electron chi connectivity index (χ3n) is 6.77. The summed E-state index contributed by atoms with van der Waals surface area (Å²) in [5.74, 6) is 0.267. The molecule has 3 saturated carbocycles. The molecule has 1 N–H and O–H groups in total. The number of hydrogen-bond acceptors (Lipinski definition) is 3. The Morgan fingerprint density at radius 2 is 1.87 bits per heavy atom. The SMILES string of the molecule is Cc1cc(N2CCOc3cc(F)ccc3C2)cc(C)c1NC(=O)CC12CC(F)(C1)C2. The van der Waals surface area contributed by atoms with E-state index in [9.17, 15) is 13.6 Å². The zero-order valence-electron chi connectivity index (χ0n) is 17.4. The van der Waals surface area contributed by atoms with Crippen LogP contribution in [0.1, 0.15) is 42.4 Å². The Labute approximate surface area is 175 Å². The van der Waals surface area contributed by atoms with Gasteiger partial charge in [0.1, 0.15) is 23.8 Å². The second kappa shape index (κ2) is 6.69. The standard InChI is InChI=1S/C24H26F2N2O2/c1-15-7-19(28-5-6-30-20-9-18(25)4-3-17(20)11-28)8-16(2)22(15)27-21(29)10-23-12-24(26,13-23)14-23/h3-4,7-9H,5-6,10-14H2,1-2H3,(H,27,29). The Balaban J connectivity index is 1.31. The highest BCUT2D eigenvalue weighted by Gasteiger charge is 2.69. The number of benzene rings is 2. The van der Waals surface area contributed by atoms with Gasteiger partial charge >= 0.3 is 0 Å². The molecule has 4 nitrogen and oxygen atoms in total. The van der Waals surface area contributed by atoms with Crippen molar-refractivity contribution in [2.24, 2.45) is 5.41 Å². The number of rotatable bonds is 4. The summed E-state index contributed by atoms with van der Waals surface area (Å²) in [5, 5.41) is 3.06. The van der Waals surface area contributed by atoms with Crippen molar-refractivity contribution in [1.29, 1.82) is 0 Å². The molecular formula is C24H26F2N2O2. The van der Waals surface area contributed by atoms with Crippen LogP contribution in [0.5, 0.6) is 5.75 Å². The van der Waals surface area contributed by atoms with Crippen LogP contribution >= 0.6 is 0 Å². The van der Waals surface area contributed by atoms with E-state index in [1.807, 2.05) is 13.8 Å². The summed E-state index contributed by atoms with van der Waals surface area (Å²) in [6, 6.07) is 8.79. The lowest BCUT2D eigenvalue weighted by molar-refractivity contribution is -0.214. The summed E-state index contributed by atoms with van der Waals surface area (Å²) in [4.78, 5) is 14.8. The molecule has 0 atom stereocenters. The molecule has 6 rings (SSSR count). The van der Waals surface area contributed by atoms with Gasteiger partial charge in [0.25, 0.3) is 0 Å². The fraction of sp³-hybridized carbons (Fsp3) is 0.458. The Morgan fingerprint density at radius 3 is 2.53 bits per heavy atom. The molecule has 0 spiro atoms. The minimum Gasteiger partial charge on any atom is -0.491 e. The molecule has 3 fully saturated rings. The first kappa shape index (κ1) is 19.3. The van der Waals surface area contributed by atoms with Gasteiger partial charge in [0.2, 0.25) is 5.91 Å². The number of carbonyl (C=O) groups excluding carboxylic acids is 1. The van der Waals surface area contributed by atoms with Crippen LogP contribution in [0.3, 0.4) is 0 Å². The molecule has 2 aromatic rings. The van der Waals surface area contributed by atoms with Gasteiger partial charge in [0, 0.05) is 36.0 Å². The first-order chi connectivity index (χ1) is 14.2. The summed E-state index contributed by atoms with van der Waals surface area (Å²) < 4.78 is 33.0. The van der Waals surface area contributed by atoms with Crippen LogP contribution in [0.2, 0.25) is 0 Å². The van der Waals surface area contributed by atoms with Gasteiger partial charge in [-0.15, -0.1) is 0 Å². The number of fused-ring (bicyclic) bond motifs is 1. The molecule has 2 bridgehead atoms. The normalized spacial score (nSPS) is 26.6. The van der Waals surface area contributed by atoms with Gasteiger partial charge in [-0.3, -0.25) is 4.79 Å². The molecule has 1 amide bonds.